The standard InChI is InChI=1S/C37H48ClN5O2/c1-45-23-22-43(28-34-25-30-8-2-3-9-31(30)26-39-34)36(24-29-12-14-33(38)15-13-29)37(44)42-20-18-41(19-21-42)35-11-5-4-10-32(35)27-40-16-6-7-17-40/h2-5,8-15,34,36,39H,6-7,16-28H2,1H3. The molecule has 0 aliphatic carbocycles. The molecule has 240 valence electrons. The Kier molecular flexibility index (Phi) is 11.1. The lowest BCUT2D eigenvalue weighted by atomic mass is 9.94. The first-order chi connectivity index (χ1) is 22.1. The zero-order chi connectivity index (χ0) is 31.0. The number of likely N-dealkylation sites (tertiary alicyclic amines) is 1. The van der Waals surface area contributed by atoms with Crippen LogP contribution in [0, 0.1) is 0 Å². The van der Waals surface area contributed by atoms with Crippen LogP contribution in [-0.4, -0.2) is 98.8 Å². The van der Waals surface area contributed by atoms with E-state index in [1.807, 2.05) is 12.1 Å². The van der Waals surface area contributed by atoms with Crippen molar-refractivity contribution in [2.24, 2.45) is 0 Å². The van der Waals surface area contributed by atoms with Crippen molar-refractivity contribution in [2.75, 3.05) is 71.0 Å². The fraction of sp³-hybridized carbons (Fsp3) is 0.486. The molecule has 2 fully saturated rings. The molecule has 3 aromatic carbocycles. The highest BCUT2D eigenvalue weighted by Crippen LogP contribution is 2.26. The molecule has 7 nitrogen and oxygen atoms in total. The van der Waals surface area contributed by atoms with Gasteiger partial charge in [0.1, 0.15) is 0 Å². The number of benzene rings is 3. The summed E-state index contributed by atoms with van der Waals surface area (Å²) in [6, 6.07) is 25.5. The number of hydrogen-bond donors (Lipinski definition) is 1. The van der Waals surface area contributed by atoms with Gasteiger partial charge in [0.2, 0.25) is 5.91 Å². The average molecular weight is 630 g/mol. The number of methoxy groups -OCH3 is 1. The molecule has 3 aliphatic rings. The van der Waals surface area contributed by atoms with Gasteiger partial charge in [-0.25, -0.2) is 0 Å². The number of nitrogens with zero attached hydrogens (tertiary/aromatic N) is 4. The molecule has 1 amide bonds. The van der Waals surface area contributed by atoms with Gasteiger partial charge < -0.3 is 19.9 Å². The number of nitrogens with one attached hydrogen (secondary N) is 1. The van der Waals surface area contributed by atoms with Crippen LogP contribution in [0.15, 0.2) is 72.8 Å². The zero-order valence-electron chi connectivity index (χ0n) is 26.7. The molecule has 6 rings (SSSR count). The number of piperazine rings is 1. The molecule has 3 heterocycles. The molecular weight excluding hydrogens is 582 g/mol. The molecule has 45 heavy (non-hydrogen) atoms. The van der Waals surface area contributed by atoms with Gasteiger partial charge in [-0.2, -0.15) is 0 Å². The molecular formula is C37H48ClN5O2. The summed E-state index contributed by atoms with van der Waals surface area (Å²) in [5.41, 5.74) is 6.60. The molecule has 2 atom stereocenters. The van der Waals surface area contributed by atoms with Crippen LogP contribution in [0.25, 0.3) is 0 Å². The third-order valence-electron chi connectivity index (χ3n) is 9.79. The number of para-hydroxylation sites is 1. The van der Waals surface area contributed by atoms with Crippen molar-refractivity contribution >= 4 is 23.2 Å². The summed E-state index contributed by atoms with van der Waals surface area (Å²) in [7, 11) is 1.74. The zero-order valence-corrected chi connectivity index (χ0v) is 27.4. The summed E-state index contributed by atoms with van der Waals surface area (Å²) in [5.74, 6) is 0.210. The van der Waals surface area contributed by atoms with Crippen LogP contribution >= 0.6 is 11.6 Å². The molecule has 0 spiro atoms. The minimum Gasteiger partial charge on any atom is -0.383 e. The number of amides is 1. The highest BCUT2D eigenvalue weighted by atomic mass is 35.5. The van der Waals surface area contributed by atoms with Gasteiger partial charge in [0.05, 0.1) is 12.6 Å². The fourth-order valence-electron chi connectivity index (χ4n) is 7.25. The third kappa shape index (κ3) is 8.27. The lowest BCUT2D eigenvalue weighted by molar-refractivity contribution is -0.137. The smallest absolute Gasteiger partial charge is 0.240 e. The fourth-order valence-corrected chi connectivity index (χ4v) is 7.37. The summed E-state index contributed by atoms with van der Waals surface area (Å²) in [4.78, 5) is 24.0. The van der Waals surface area contributed by atoms with Gasteiger partial charge in [-0.1, -0.05) is 66.2 Å². The second-order valence-electron chi connectivity index (χ2n) is 12.8. The molecule has 2 unspecified atom stereocenters. The van der Waals surface area contributed by atoms with Crippen molar-refractivity contribution in [1.29, 1.82) is 0 Å². The number of fused-ring (bicyclic) bond motifs is 1. The topological polar surface area (TPSA) is 51.3 Å². The van der Waals surface area contributed by atoms with Crippen LogP contribution in [0.3, 0.4) is 0 Å². The van der Waals surface area contributed by atoms with Crippen LogP contribution in [0.1, 0.15) is 35.1 Å². The number of halogens is 1. The van der Waals surface area contributed by atoms with E-state index in [2.05, 4.69) is 85.6 Å². The lowest BCUT2D eigenvalue weighted by Gasteiger charge is -2.41. The van der Waals surface area contributed by atoms with E-state index < -0.39 is 0 Å². The Morgan fingerprint density at radius 1 is 0.933 bits per heavy atom. The number of hydrogen-bond acceptors (Lipinski definition) is 6. The predicted molar refractivity (Wildman–Crippen MR) is 183 cm³/mol. The van der Waals surface area contributed by atoms with Crippen LogP contribution < -0.4 is 10.2 Å². The predicted octanol–water partition coefficient (Wildman–Crippen LogP) is 4.86. The normalized spacial score (nSPS) is 19.6. The summed E-state index contributed by atoms with van der Waals surface area (Å²) in [6.07, 6.45) is 4.19. The molecule has 0 radical (unpaired) electrons. The van der Waals surface area contributed by atoms with Crippen molar-refractivity contribution in [2.45, 2.75) is 50.9 Å². The third-order valence-corrected chi connectivity index (χ3v) is 10.0. The van der Waals surface area contributed by atoms with E-state index in [9.17, 15) is 4.79 Å². The number of ether oxygens (including phenoxy) is 1. The van der Waals surface area contributed by atoms with Gasteiger partial charge in [0.25, 0.3) is 0 Å². The van der Waals surface area contributed by atoms with Crippen molar-refractivity contribution in [3.8, 4) is 0 Å². The van der Waals surface area contributed by atoms with E-state index in [1.165, 1.54) is 48.3 Å². The van der Waals surface area contributed by atoms with Crippen LogP contribution in [0.4, 0.5) is 5.69 Å². The second kappa shape index (κ2) is 15.6. The largest absolute Gasteiger partial charge is 0.383 e. The summed E-state index contributed by atoms with van der Waals surface area (Å²) >= 11 is 6.24. The minimum atomic E-state index is -0.283. The summed E-state index contributed by atoms with van der Waals surface area (Å²) in [5, 5.41) is 4.46. The molecule has 0 saturated carbocycles. The molecule has 0 bridgehead atoms. The van der Waals surface area contributed by atoms with Crippen LogP contribution in [0.2, 0.25) is 5.02 Å². The Morgan fingerprint density at radius 2 is 1.64 bits per heavy atom. The Morgan fingerprint density at radius 3 is 2.40 bits per heavy atom. The van der Waals surface area contributed by atoms with Gasteiger partial charge >= 0.3 is 0 Å². The molecule has 1 N–H and O–H groups in total. The van der Waals surface area contributed by atoms with E-state index in [-0.39, 0.29) is 18.0 Å². The second-order valence-corrected chi connectivity index (χ2v) is 13.2. The summed E-state index contributed by atoms with van der Waals surface area (Å²) in [6.45, 7) is 9.43. The maximum atomic E-state index is 14.5. The monoisotopic (exact) mass is 629 g/mol. The molecule has 8 heteroatoms. The highest BCUT2D eigenvalue weighted by molar-refractivity contribution is 6.30. The number of rotatable bonds is 12. The highest BCUT2D eigenvalue weighted by Gasteiger charge is 2.34. The van der Waals surface area contributed by atoms with Gasteiger partial charge in [-0.3, -0.25) is 14.6 Å². The first-order valence-corrected chi connectivity index (χ1v) is 17.1. The molecule has 3 aromatic rings. The van der Waals surface area contributed by atoms with Gasteiger partial charge in [-0.15, -0.1) is 0 Å². The first-order valence-electron chi connectivity index (χ1n) is 16.7. The van der Waals surface area contributed by atoms with E-state index in [4.69, 9.17) is 16.3 Å². The van der Waals surface area contributed by atoms with Gasteiger partial charge in [-0.05, 0) is 79.2 Å². The van der Waals surface area contributed by atoms with Gasteiger partial charge in [0.15, 0.2) is 0 Å². The Hall–Kier alpha value is -2.94. The Labute approximate surface area is 274 Å². The van der Waals surface area contributed by atoms with Crippen molar-refractivity contribution in [3.05, 3.63) is 100 Å². The Bertz CT molecular complexity index is 1390. The Balaban J connectivity index is 1.17. The van der Waals surface area contributed by atoms with E-state index in [0.29, 0.717) is 24.6 Å². The van der Waals surface area contributed by atoms with Crippen LogP contribution in [0.5, 0.6) is 0 Å². The van der Waals surface area contributed by atoms with Crippen molar-refractivity contribution in [3.63, 3.8) is 0 Å². The van der Waals surface area contributed by atoms with E-state index >= 15 is 0 Å². The number of carbonyl (C=O) groups is 1. The van der Waals surface area contributed by atoms with Gasteiger partial charge in [0, 0.05) is 76.2 Å². The maximum Gasteiger partial charge on any atom is 0.240 e. The molecule has 2 saturated heterocycles. The SMILES string of the molecule is COCCN(CC1Cc2ccccc2CN1)C(Cc1ccc(Cl)cc1)C(=O)N1CCN(c2ccccc2CN2CCCC2)CC1. The summed E-state index contributed by atoms with van der Waals surface area (Å²) < 4.78 is 5.57. The van der Waals surface area contributed by atoms with Crippen molar-refractivity contribution < 1.29 is 9.53 Å². The number of anilines is 1. The molecule has 3 aliphatic heterocycles. The van der Waals surface area contributed by atoms with Crippen LogP contribution in [-0.2, 0) is 35.5 Å². The minimum absolute atomic E-state index is 0.210. The van der Waals surface area contributed by atoms with Crippen molar-refractivity contribution in [1.82, 2.24) is 20.0 Å². The first kappa shape index (κ1) is 32.0. The van der Waals surface area contributed by atoms with E-state index in [0.717, 1.165) is 57.8 Å². The average Bonchev–Trinajstić information content (AvgIpc) is 3.60. The number of carbonyl (C=O) groups excluding carboxylic acids is 1. The quantitative estimate of drug-likeness (QED) is 0.309. The molecule has 0 aromatic heterocycles. The maximum absolute atomic E-state index is 14.5. The van der Waals surface area contributed by atoms with E-state index in [1.54, 1.807) is 7.11 Å². The lowest BCUT2D eigenvalue weighted by Crippen LogP contribution is -2.58.